The van der Waals surface area contributed by atoms with E-state index in [1.54, 1.807) is 0 Å². The molecular weight excluding hydrogens is 433 g/mol. The van der Waals surface area contributed by atoms with Gasteiger partial charge < -0.3 is 20.1 Å². The van der Waals surface area contributed by atoms with Gasteiger partial charge in [0, 0.05) is 46.1 Å². The van der Waals surface area contributed by atoms with Crippen molar-refractivity contribution in [3.8, 4) is 0 Å². The van der Waals surface area contributed by atoms with Crippen LogP contribution < -0.4 is 10.6 Å². The summed E-state index contributed by atoms with van der Waals surface area (Å²) in [6, 6.07) is 0. The molecule has 1 aliphatic heterocycles. The number of guanidine groups is 1. The van der Waals surface area contributed by atoms with Crippen molar-refractivity contribution >= 4 is 29.9 Å². The van der Waals surface area contributed by atoms with Gasteiger partial charge in [0.25, 0.3) is 0 Å². The summed E-state index contributed by atoms with van der Waals surface area (Å²) in [5.74, 6) is 0.862. The first-order valence-electron chi connectivity index (χ1n) is 8.97. The van der Waals surface area contributed by atoms with Crippen LogP contribution in [0.1, 0.15) is 31.7 Å². The second-order valence-corrected chi connectivity index (χ2v) is 6.02. The first-order chi connectivity index (χ1) is 11.8. The lowest BCUT2D eigenvalue weighted by molar-refractivity contribution is 0.0171. The average Bonchev–Trinajstić information content (AvgIpc) is 3.22. The van der Waals surface area contributed by atoms with Gasteiger partial charge in [-0.2, -0.15) is 5.10 Å². The number of ether oxygens (including phenoxy) is 2. The van der Waals surface area contributed by atoms with Gasteiger partial charge in [0.15, 0.2) is 5.96 Å². The standard InChI is InChI=1S/C17H31N5O2.HI/c1-3-18-17(20-9-7-15-12-21-22(2)13-15)19-8-5-10-23-14-16-6-4-11-24-16;/h12-13,16H,3-11,14H2,1-2H3,(H2,18,19,20);1H. The molecule has 0 radical (unpaired) electrons. The normalized spacial score (nSPS) is 17.4. The number of aryl methyl sites for hydroxylation is 1. The zero-order chi connectivity index (χ0) is 17.0. The van der Waals surface area contributed by atoms with Crippen LogP contribution >= 0.6 is 24.0 Å². The van der Waals surface area contributed by atoms with Gasteiger partial charge >= 0.3 is 0 Å². The molecule has 2 N–H and O–H groups in total. The van der Waals surface area contributed by atoms with Crippen LogP contribution in [0.2, 0.25) is 0 Å². The van der Waals surface area contributed by atoms with Crippen molar-refractivity contribution < 1.29 is 9.47 Å². The van der Waals surface area contributed by atoms with E-state index < -0.39 is 0 Å². The van der Waals surface area contributed by atoms with Crippen LogP contribution in [0.4, 0.5) is 0 Å². The Bertz CT molecular complexity index is 489. The van der Waals surface area contributed by atoms with Gasteiger partial charge in [-0.15, -0.1) is 24.0 Å². The van der Waals surface area contributed by atoms with Crippen LogP contribution in [-0.2, 0) is 22.9 Å². The van der Waals surface area contributed by atoms with Crippen LogP contribution in [0.25, 0.3) is 0 Å². The number of hydrogen-bond donors (Lipinski definition) is 2. The molecule has 0 amide bonds. The predicted octanol–water partition coefficient (Wildman–Crippen LogP) is 1.72. The molecule has 144 valence electrons. The highest BCUT2D eigenvalue weighted by Gasteiger charge is 2.14. The molecule has 1 aromatic rings. The Morgan fingerprint density at radius 3 is 3.04 bits per heavy atom. The third kappa shape index (κ3) is 9.41. The lowest BCUT2D eigenvalue weighted by Gasteiger charge is -2.11. The van der Waals surface area contributed by atoms with E-state index in [9.17, 15) is 0 Å². The maximum atomic E-state index is 5.66. The summed E-state index contributed by atoms with van der Waals surface area (Å²) in [6.45, 7) is 6.86. The van der Waals surface area contributed by atoms with Crippen molar-refractivity contribution in [3.05, 3.63) is 18.0 Å². The number of hydrogen-bond acceptors (Lipinski definition) is 4. The van der Waals surface area contributed by atoms with Gasteiger partial charge in [-0.3, -0.25) is 9.67 Å². The molecule has 1 aromatic heterocycles. The van der Waals surface area contributed by atoms with E-state index in [0.29, 0.717) is 12.7 Å². The maximum absolute atomic E-state index is 5.66. The number of halogens is 1. The molecule has 1 unspecified atom stereocenters. The fourth-order valence-electron chi connectivity index (χ4n) is 2.62. The first-order valence-corrected chi connectivity index (χ1v) is 8.97. The van der Waals surface area contributed by atoms with E-state index in [0.717, 1.165) is 64.5 Å². The minimum atomic E-state index is 0. The summed E-state index contributed by atoms with van der Waals surface area (Å²) in [6.07, 6.45) is 8.39. The summed E-state index contributed by atoms with van der Waals surface area (Å²) in [7, 11) is 1.93. The summed E-state index contributed by atoms with van der Waals surface area (Å²) in [5, 5.41) is 10.8. The van der Waals surface area contributed by atoms with Crippen LogP contribution in [0.3, 0.4) is 0 Å². The third-order valence-corrected chi connectivity index (χ3v) is 3.85. The molecular formula is C17H32IN5O2. The first kappa shape index (κ1) is 22.2. The number of nitrogens with zero attached hydrogens (tertiary/aromatic N) is 3. The van der Waals surface area contributed by atoms with Gasteiger partial charge in [0.1, 0.15) is 0 Å². The smallest absolute Gasteiger partial charge is 0.191 e. The fraction of sp³-hybridized carbons (Fsp3) is 0.765. The Kier molecular flexibility index (Phi) is 11.8. The lowest BCUT2D eigenvalue weighted by atomic mass is 10.2. The van der Waals surface area contributed by atoms with Gasteiger partial charge in [0.05, 0.1) is 18.9 Å². The van der Waals surface area contributed by atoms with Gasteiger partial charge in [-0.1, -0.05) is 0 Å². The molecule has 7 nitrogen and oxygen atoms in total. The van der Waals surface area contributed by atoms with E-state index in [-0.39, 0.29) is 24.0 Å². The van der Waals surface area contributed by atoms with Crippen LogP contribution in [0, 0.1) is 0 Å². The Labute approximate surface area is 168 Å². The molecule has 0 spiro atoms. The molecule has 2 heterocycles. The molecule has 1 aliphatic rings. The van der Waals surface area contributed by atoms with Gasteiger partial charge in [0.2, 0.25) is 0 Å². The highest BCUT2D eigenvalue weighted by Crippen LogP contribution is 2.11. The molecule has 1 fully saturated rings. The third-order valence-electron chi connectivity index (χ3n) is 3.85. The van der Waals surface area contributed by atoms with E-state index in [1.807, 2.05) is 24.1 Å². The van der Waals surface area contributed by atoms with Crippen molar-refractivity contribution in [1.29, 1.82) is 0 Å². The fourth-order valence-corrected chi connectivity index (χ4v) is 2.62. The van der Waals surface area contributed by atoms with Crippen LogP contribution in [-0.4, -0.2) is 61.3 Å². The minimum absolute atomic E-state index is 0. The second kappa shape index (κ2) is 13.3. The van der Waals surface area contributed by atoms with Crippen molar-refractivity contribution in [1.82, 2.24) is 20.4 Å². The molecule has 1 atom stereocenters. The highest BCUT2D eigenvalue weighted by atomic mass is 127. The zero-order valence-electron chi connectivity index (χ0n) is 15.4. The van der Waals surface area contributed by atoms with E-state index in [4.69, 9.17) is 9.47 Å². The zero-order valence-corrected chi connectivity index (χ0v) is 17.7. The molecule has 0 aromatic carbocycles. The van der Waals surface area contributed by atoms with Crippen molar-refractivity contribution in [2.75, 3.05) is 39.5 Å². The van der Waals surface area contributed by atoms with E-state index >= 15 is 0 Å². The quantitative estimate of drug-likeness (QED) is 0.238. The molecule has 2 rings (SSSR count). The summed E-state index contributed by atoms with van der Waals surface area (Å²) < 4.78 is 13.0. The average molecular weight is 465 g/mol. The van der Waals surface area contributed by atoms with Crippen molar-refractivity contribution in [3.63, 3.8) is 0 Å². The Morgan fingerprint density at radius 2 is 2.36 bits per heavy atom. The molecule has 25 heavy (non-hydrogen) atoms. The van der Waals surface area contributed by atoms with Crippen molar-refractivity contribution in [2.45, 2.75) is 38.7 Å². The Hall–Kier alpha value is -0.870. The monoisotopic (exact) mass is 465 g/mol. The van der Waals surface area contributed by atoms with Gasteiger partial charge in [-0.05, 0) is 38.2 Å². The molecule has 0 aliphatic carbocycles. The summed E-state index contributed by atoms with van der Waals surface area (Å²) in [5.41, 5.74) is 1.23. The number of aromatic nitrogens is 2. The number of aliphatic imine (C=N–C) groups is 1. The number of rotatable bonds is 10. The lowest BCUT2D eigenvalue weighted by Crippen LogP contribution is -2.38. The summed E-state index contributed by atoms with van der Waals surface area (Å²) in [4.78, 5) is 4.58. The SMILES string of the molecule is CCNC(=NCCCOCC1CCCO1)NCCc1cnn(C)c1.I. The maximum Gasteiger partial charge on any atom is 0.191 e. The molecule has 1 saturated heterocycles. The molecule has 0 bridgehead atoms. The largest absolute Gasteiger partial charge is 0.379 e. The molecule has 0 saturated carbocycles. The highest BCUT2D eigenvalue weighted by molar-refractivity contribution is 14.0. The van der Waals surface area contributed by atoms with Crippen LogP contribution in [0.15, 0.2) is 17.4 Å². The number of nitrogens with one attached hydrogen (secondary N) is 2. The summed E-state index contributed by atoms with van der Waals surface area (Å²) >= 11 is 0. The minimum Gasteiger partial charge on any atom is -0.379 e. The second-order valence-electron chi connectivity index (χ2n) is 6.02. The van der Waals surface area contributed by atoms with E-state index in [1.165, 1.54) is 5.56 Å². The van der Waals surface area contributed by atoms with E-state index in [2.05, 4.69) is 27.6 Å². The van der Waals surface area contributed by atoms with Crippen molar-refractivity contribution in [2.24, 2.45) is 12.0 Å². The Balaban J connectivity index is 0.00000312. The predicted molar refractivity (Wildman–Crippen MR) is 111 cm³/mol. The molecule has 8 heteroatoms. The Morgan fingerprint density at radius 1 is 1.48 bits per heavy atom. The van der Waals surface area contributed by atoms with Gasteiger partial charge in [-0.25, -0.2) is 0 Å². The van der Waals surface area contributed by atoms with Crippen LogP contribution in [0.5, 0.6) is 0 Å². The topological polar surface area (TPSA) is 72.7 Å².